The Balaban J connectivity index is 2.03. The minimum atomic E-state index is -0.396. The molecule has 1 aromatic rings. The van der Waals surface area contributed by atoms with Gasteiger partial charge < -0.3 is 14.8 Å². The van der Waals surface area contributed by atoms with E-state index < -0.39 is 4.92 Å². The quantitative estimate of drug-likeness (QED) is 0.639. The number of benzene rings is 1. The summed E-state index contributed by atoms with van der Waals surface area (Å²) in [6, 6.07) is 4.84. The largest absolute Gasteiger partial charge is 0.496 e. The SMILES string of the molecule is COc1ccc([N+](=O)[O-])cc1CNC(C)C1CCCO1. The van der Waals surface area contributed by atoms with Gasteiger partial charge in [-0.2, -0.15) is 0 Å². The van der Waals surface area contributed by atoms with Crippen LogP contribution < -0.4 is 10.1 Å². The summed E-state index contributed by atoms with van der Waals surface area (Å²) in [6.07, 6.45) is 2.37. The Labute approximate surface area is 118 Å². The van der Waals surface area contributed by atoms with E-state index in [0.29, 0.717) is 12.3 Å². The van der Waals surface area contributed by atoms with Gasteiger partial charge >= 0.3 is 0 Å². The lowest BCUT2D eigenvalue weighted by molar-refractivity contribution is -0.384. The normalized spacial score (nSPS) is 19.8. The van der Waals surface area contributed by atoms with Crippen molar-refractivity contribution >= 4 is 5.69 Å². The Hall–Kier alpha value is -1.66. The highest BCUT2D eigenvalue weighted by molar-refractivity contribution is 5.43. The molecule has 0 aliphatic carbocycles. The number of nitrogens with one attached hydrogen (secondary N) is 1. The summed E-state index contributed by atoms with van der Waals surface area (Å²) in [4.78, 5) is 10.4. The molecule has 1 aliphatic rings. The molecule has 0 saturated carbocycles. The van der Waals surface area contributed by atoms with Crippen molar-refractivity contribution in [3.8, 4) is 5.75 Å². The van der Waals surface area contributed by atoms with Crippen LogP contribution >= 0.6 is 0 Å². The molecule has 6 heteroatoms. The molecule has 1 saturated heterocycles. The third kappa shape index (κ3) is 3.46. The van der Waals surface area contributed by atoms with E-state index in [0.717, 1.165) is 25.0 Å². The standard InChI is InChI=1S/C14H20N2O4/c1-10(13-4-3-7-20-13)15-9-11-8-12(16(17)18)5-6-14(11)19-2/h5-6,8,10,13,15H,3-4,7,9H2,1-2H3. The van der Waals surface area contributed by atoms with Crippen LogP contribution in [0.5, 0.6) is 5.75 Å². The third-order valence-corrected chi connectivity index (χ3v) is 3.61. The maximum absolute atomic E-state index is 10.8. The molecule has 2 unspecified atom stereocenters. The second-order valence-corrected chi connectivity index (χ2v) is 4.97. The molecule has 2 atom stereocenters. The van der Waals surface area contributed by atoms with Gasteiger partial charge in [-0.3, -0.25) is 10.1 Å². The molecule has 0 spiro atoms. The maximum Gasteiger partial charge on any atom is 0.270 e. The van der Waals surface area contributed by atoms with Gasteiger partial charge in [0, 0.05) is 36.9 Å². The number of rotatable bonds is 6. The average molecular weight is 280 g/mol. The van der Waals surface area contributed by atoms with Gasteiger partial charge in [0.1, 0.15) is 5.75 Å². The van der Waals surface area contributed by atoms with Gasteiger partial charge in [-0.15, -0.1) is 0 Å². The van der Waals surface area contributed by atoms with Gasteiger partial charge in [0.2, 0.25) is 0 Å². The number of methoxy groups -OCH3 is 1. The summed E-state index contributed by atoms with van der Waals surface area (Å²) >= 11 is 0. The van der Waals surface area contributed by atoms with Gasteiger partial charge in [0.25, 0.3) is 5.69 Å². The molecular weight excluding hydrogens is 260 g/mol. The zero-order valence-electron chi connectivity index (χ0n) is 11.8. The first-order valence-electron chi connectivity index (χ1n) is 6.78. The molecule has 1 heterocycles. The molecule has 2 rings (SSSR count). The molecule has 20 heavy (non-hydrogen) atoms. The summed E-state index contributed by atoms with van der Waals surface area (Å²) in [5, 5.41) is 14.2. The fourth-order valence-electron chi connectivity index (χ4n) is 2.42. The topological polar surface area (TPSA) is 73.6 Å². The van der Waals surface area contributed by atoms with Gasteiger partial charge in [-0.25, -0.2) is 0 Å². The van der Waals surface area contributed by atoms with Crippen molar-refractivity contribution in [2.45, 2.75) is 38.5 Å². The average Bonchev–Trinajstić information content (AvgIpc) is 2.98. The van der Waals surface area contributed by atoms with Gasteiger partial charge in [-0.05, 0) is 25.8 Å². The molecule has 110 valence electrons. The van der Waals surface area contributed by atoms with Crippen molar-refractivity contribution in [2.75, 3.05) is 13.7 Å². The van der Waals surface area contributed by atoms with E-state index in [9.17, 15) is 10.1 Å². The molecule has 1 N–H and O–H groups in total. The van der Waals surface area contributed by atoms with E-state index in [1.54, 1.807) is 19.2 Å². The lowest BCUT2D eigenvalue weighted by Gasteiger charge is -2.20. The van der Waals surface area contributed by atoms with Gasteiger partial charge in [-0.1, -0.05) is 0 Å². The summed E-state index contributed by atoms with van der Waals surface area (Å²) in [6.45, 7) is 3.41. The minimum Gasteiger partial charge on any atom is -0.496 e. The number of hydrogen-bond donors (Lipinski definition) is 1. The van der Waals surface area contributed by atoms with Crippen molar-refractivity contribution in [3.63, 3.8) is 0 Å². The Morgan fingerprint density at radius 3 is 3.00 bits per heavy atom. The summed E-state index contributed by atoms with van der Waals surface area (Å²) in [5.74, 6) is 0.655. The first-order valence-corrected chi connectivity index (χ1v) is 6.78. The Bertz CT molecular complexity index is 472. The summed E-state index contributed by atoms with van der Waals surface area (Å²) < 4.78 is 10.9. The second kappa shape index (κ2) is 6.67. The van der Waals surface area contributed by atoms with Crippen molar-refractivity contribution < 1.29 is 14.4 Å². The van der Waals surface area contributed by atoms with Crippen LogP contribution in [0.15, 0.2) is 18.2 Å². The van der Waals surface area contributed by atoms with Crippen LogP contribution in [0.2, 0.25) is 0 Å². The predicted octanol–water partition coefficient (Wildman–Crippen LogP) is 2.26. The highest BCUT2D eigenvalue weighted by Gasteiger charge is 2.22. The van der Waals surface area contributed by atoms with E-state index >= 15 is 0 Å². The van der Waals surface area contributed by atoms with Crippen LogP contribution in [-0.4, -0.2) is 30.8 Å². The highest BCUT2D eigenvalue weighted by Crippen LogP contribution is 2.24. The fraction of sp³-hybridized carbons (Fsp3) is 0.571. The van der Waals surface area contributed by atoms with E-state index in [-0.39, 0.29) is 17.8 Å². The molecule has 0 aromatic heterocycles. The molecule has 6 nitrogen and oxygen atoms in total. The Morgan fingerprint density at radius 2 is 2.40 bits per heavy atom. The number of nitro benzene ring substituents is 1. The van der Waals surface area contributed by atoms with Crippen molar-refractivity contribution in [2.24, 2.45) is 0 Å². The molecule has 1 aliphatic heterocycles. The van der Waals surface area contributed by atoms with Gasteiger partial charge in [0.05, 0.1) is 18.1 Å². The van der Waals surface area contributed by atoms with Crippen molar-refractivity contribution in [1.82, 2.24) is 5.32 Å². The summed E-state index contributed by atoms with van der Waals surface area (Å²) in [5.41, 5.74) is 0.860. The van der Waals surface area contributed by atoms with Crippen LogP contribution in [0.4, 0.5) is 5.69 Å². The molecule has 1 fully saturated rings. The van der Waals surface area contributed by atoms with Crippen LogP contribution in [0, 0.1) is 10.1 Å². The third-order valence-electron chi connectivity index (χ3n) is 3.61. The molecule has 1 aromatic carbocycles. The number of nitro groups is 1. The maximum atomic E-state index is 10.8. The van der Waals surface area contributed by atoms with Crippen LogP contribution in [0.1, 0.15) is 25.3 Å². The lowest BCUT2D eigenvalue weighted by Crippen LogP contribution is -2.36. The summed E-state index contributed by atoms with van der Waals surface area (Å²) in [7, 11) is 1.56. The number of non-ortho nitro benzene ring substituents is 1. The Morgan fingerprint density at radius 1 is 1.60 bits per heavy atom. The first kappa shape index (κ1) is 14.7. The van der Waals surface area contributed by atoms with E-state index in [1.807, 2.05) is 0 Å². The Kier molecular flexibility index (Phi) is 4.92. The number of hydrogen-bond acceptors (Lipinski definition) is 5. The molecule has 0 bridgehead atoms. The van der Waals surface area contributed by atoms with Crippen molar-refractivity contribution in [3.05, 3.63) is 33.9 Å². The van der Waals surface area contributed by atoms with Crippen molar-refractivity contribution in [1.29, 1.82) is 0 Å². The highest BCUT2D eigenvalue weighted by atomic mass is 16.6. The zero-order valence-corrected chi connectivity index (χ0v) is 11.8. The van der Waals surface area contributed by atoms with E-state index in [4.69, 9.17) is 9.47 Å². The van der Waals surface area contributed by atoms with Crippen LogP contribution in [-0.2, 0) is 11.3 Å². The smallest absolute Gasteiger partial charge is 0.270 e. The monoisotopic (exact) mass is 280 g/mol. The van der Waals surface area contributed by atoms with Gasteiger partial charge in [0.15, 0.2) is 0 Å². The zero-order chi connectivity index (χ0) is 14.5. The molecule has 0 amide bonds. The number of ether oxygens (including phenoxy) is 2. The number of nitrogens with zero attached hydrogens (tertiary/aromatic N) is 1. The minimum absolute atomic E-state index is 0.0763. The van der Waals surface area contributed by atoms with Crippen LogP contribution in [0.25, 0.3) is 0 Å². The molecular formula is C14H20N2O4. The fourth-order valence-corrected chi connectivity index (χ4v) is 2.42. The lowest BCUT2D eigenvalue weighted by atomic mass is 10.1. The van der Waals surface area contributed by atoms with Crippen LogP contribution in [0.3, 0.4) is 0 Å². The van der Waals surface area contributed by atoms with E-state index in [2.05, 4.69) is 12.2 Å². The first-order chi connectivity index (χ1) is 9.61. The second-order valence-electron chi connectivity index (χ2n) is 4.97. The molecule has 0 radical (unpaired) electrons. The van der Waals surface area contributed by atoms with E-state index in [1.165, 1.54) is 6.07 Å². The predicted molar refractivity (Wildman–Crippen MR) is 74.9 cm³/mol.